The Bertz CT molecular complexity index is 1010. The molecule has 0 bridgehead atoms. The fourth-order valence-electron chi connectivity index (χ4n) is 3.88. The summed E-state index contributed by atoms with van der Waals surface area (Å²) in [4.78, 5) is 14.7. The summed E-state index contributed by atoms with van der Waals surface area (Å²) in [5.74, 6) is 0.209. The van der Waals surface area contributed by atoms with E-state index in [1.807, 2.05) is 24.3 Å². The van der Waals surface area contributed by atoms with E-state index in [1.54, 1.807) is 0 Å². The number of hydrogen-bond donors (Lipinski definition) is 0. The number of aromatic nitrogens is 1. The van der Waals surface area contributed by atoms with E-state index in [2.05, 4.69) is 79.8 Å². The van der Waals surface area contributed by atoms with Gasteiger partial charge in [0.25, 0.3) is 0 Å². The minimum absolute atomic E-state index is 0.282. The average Bonchev–Trinajstić information content (AvgIpc) is 3.20. The van der Waals surface area contributed by atoms with Crippen LogP contribution in [0.2, 0.25) is 0 Å². The van der Waals surface area contributed by atoms with Crippen LogP contribution in [0.15, 0.2) is 66.9 Å². The number of carbonyl (C=O) groups is 1. The lowest BCUT2D eigenvalue weighted by molar-refractivity contribution is 0.0596. The molecule has 164 valence electrons. The first-order valence-corrected chi connectivity index (χ1v) is 11.0. The van der Waals surface area contributed by atoms with E-state index < -0.39 is 0 Å². The second-order valence-electron chi connectivity index (χ2n) is 8.59. The third kappa shape index (κ3) is 5.65. The van der Waals surface area contributed by atoms with Gasteiger partial charge in [-0.1, -0.05) is 56.3 Å². The lowest BCUT2D eigenvalue weighted by Gasteiger charge is -2.32. The lowest BCUT2D eigenvalue weighted by atomic mass is 10.0. The molecule has 0 aliphatic carbocycles. The molecule has 0 N–H and O–H groups in total. The van der Waals surface area contributed by atoms with Crippen LogP contribution in [0.4, 0.5) is 0 Å². The number of nitrogens with zero attached hydrogens (tertiary/aromatic N) is 2. The number of aryl methyl sites for hydroxylation is 1. The van der Waals surface area contributed by atoms with Gasteiger partial charge in [0.1, 0.15) is 0 Å². The predicted molar refractivity (Wildman–Crippen MR) is 126 cm³/mol. The molecule has 1 aromatic heterocycles. The third-order valence-corrected chi connectivity index (χ3v) is 6.23. The summed E-state index contributed by atoms with van der Waals surface area (Å²) in [6, 6.07) is 21.0. The van der Waals surface area contributed by atoms with Crippen molar-refractivity contribution >= 4 is 5.97 Å². The molecule has 1 heterocycles. The number of methoxy groups -OCH3 is 1. The Balaban J connectivity index is 1.87. The molecule has 3 aromatic rings. The van der Waals surface area contributed by atoms with Crippen molar-refractivity contribution in [3.8, 4) is 0 Å². The van der Waals surface area contributed by atoms with Crippen LogP contribution < -0.4 is 0 Å². The molecular formula is C27H34N2O2. The number of benzene rings is 2. The Labute approximate surface area is 186 Å². The van der Waals surface area contributed by atoms with Crippen molar-refractivity contribution in [2.75, 3.05) is 7.11 Å². The van der Waals surface area contributed by atoms with Gasteiger partial charge in [0, 0.05) is 37.6 Å². The number of ether oxygens (including phenoxy) is 1. The monoisotopic (exact) mass is 418 g/mol. The van der Waals surface area contributed by atoms with E-state index in [-0.39, 0.29) is 5.97 Å². The van der Waals surface area contributed by atoms with E-state index >= 15 is 0 Å². The van der Waals surface area contributed by atoms with Gasteiger partial charge in [-0.25, -0.2) is 4.79 Å². The quantitative estimate of drug-likeness (QED) is 0.419. The summed E-state index contributed by atoms with van der Waals surface area (Å²) in [6.07, 6.45) is 2.16. The summed E-state index contributed by atoms with van der Waals surface area (Å²) in [6.45, 7) is 11.3. The van der Waals surface area contributed by atoms with E-state index in [9.17, 15) is 4.79 Å². The van der Waals surface area contributed by atoms with Gasteiger partial charge in [-0.05, 0) is 54.7 Å². The highest BCUT2D eigenvalue weighted by Gasteiger charge is 2.22. The smallest absolute Gasteiger partial charge is 0.338 e. The molecule has 31 heavy (non-hydrogen) atoms. The van der Waals surface area contributed by atoms with Crippen molar-refractivity contribution < 1.29 is 9.53 Å². The highest BCUT2D eigenvalue weighted by Crippen LogP contribution is 2.22. The zero-order valence-electron chi connectivity index (χ0n) is 19.3. The van der Waals surface area contributed by atoms with Gasteiger partial charge in [0.15, 0.2) is 0 Å². The minimum Gasteiger partial charge on any atom is -0.465 e. The molecule has 4 heteroatoms. The number of rotatable bonds is 9. The molecule has 0 saturated carbocycles. The van der Waals surface area contributed by atoms with Gasteiger partial charge < -0.3 is 9.30 Å². The van der Waals surface area contributed by atoms with E-state index in [0.29, 0.717) is 24.1 Å². The normalized spacial score (nSPS) is 12.4. The molecule has 0 aliphatic rings. The standard InChI is InChI=1S/C27H34N2O2/c1-20(2)22(4)29(18-24-13-8-9-15-26(24)27(30)31-5)19-25-14-10-16-28(25)17-23-12-7-6-11-21(23)3/h6-16,20,22H,17-19H2,1-5H3/t22-/m0/s1. The fraction of sp³-hybridized carbons (Fsp3) is 0.370. The first kappa shape index (κ1) is 22.8. The Morgan fingerprint density at radius 3 is 2.29 bits per heavy atom. The van der Waals surface area contributed by atoms with Crippen molar-refractivity contribution in [3.63, 3.8) is 0 Å². The van der Waals surface area contributed by atoms with Crippen molar-refractivity contribution in [1.29, 1.82) is 0 Å². The molecule has 3 rings (SSSR count). The predicted octanol–water partition coefficient (Wildman–Crippen LogP) is 5.68. The largest absolute Gasteiger partial charge is 0.465 e. The summed E-state index contributed by atoms with van der Waals surface area (Å²) in [7, 11) is 1.44. The Hall–Kier alpha value is -2.85. The number of carbonyl (C=O) groups excluding carboxylic acids is 1. The zero-order valence-corrected chi connectivity index (χ0v) is 19.3. The van der Waals surface area contributed by atoms with Crippen LogP contribution in [0.5, 0.6) is 0 Å². The Kier molecular flexibility index (Phi) is 7.69. The minimum atomic E-state index is -0.282. The molecular weight excluding hydrogens is 384 g/mol. The van der Waals surface area contributed by atoms with Gasteiger partial charge in [-0.15, -0.1) is 0 Å². The van der Waals surface area contributed by atoms with Crippen LogP contribution in [0, 0.1) is 12.8 Å². The second kappa shape index (κ2) is 10.5. The highest BCUT2D eigenvalue weighted by atomic mass is 16.5. The highest BCUT2D eigenvalue weighted by molar-refractivity contribution is 5.90. The molecule has 2 aromatic carbocycles. The van der Waals surface area contributed by atoms with Gasteiger partial charge in [-0.3, -0.25) is 4.90 Å². The summed E-state index contributed by atoms with van der Waals surface area (Å²) >= 11 is 0. The molecule has 0 unspecified atom stereocenters. The van der Waals surface area contributed by atoms with Crippen molar-refractivity contribution in [3.05, 3.63) is 94.8 Å². The first-order chi connectivity index (χ1) is 14.9. The fourth-order valence-corrected chi connectivity index (χ4v) is 3.88. The maximum absolute atomic E-state index is 12.3. The number of esters is 1. The van der Waals surface area contributed by atoms with Gasteiger partial charge in [0.05, 0.1) is 12.7 Å². The molecule has 0 radical (unpaired) electrons. The lowest BCUT2D eigenvalue weighted by Crippen LogP contribution is -2.36. The Morgan fingerprint density at radius 1 is 0.935 bits per heavy atom. The van der Waals surface area contributed by atoms with Crippen LogP contribution in [-0.4, -0.2) is 28.6 Å². The van der Waals surface area contributed by atoms with E-state index in [4.69, 9.17) is 4.74 Å². The SMILES string of the molecule is COC(=O)c1ccccc1CN(Cc1cccn1Cc1ccccc1C)[C@@H](C)C(C)C. The topological polar surface area (TPSA) is 34.5 Å². The maximum atomic E-state index is 12.3. The van der Waals surface area contributed by atoms with Crippen molar-refractivity contribution in [1.82, 2.24) is 9.47 Å². The summed E-state index contributed by atoms with van der Waals surface area (Å²) < 4.78 is 7.34. The van der Waals surface area contributed by atoms with E-state index in [0.717, 1.165) is 18.7 Å². The Morgan fingerprint density at radius 2 is 1.61 bits per heavy atom. The van der Waals surface area contributed by atoms with Crippen LogP contribution in [-0.2, 0) is 24.4 Å². The summed E-state index contributed by atoms with van der Waals surface area (Å²) in [5, 5.41) is 0. The molecule has 0 aliphatic heterocycles. The zero-order chi connectivity index (χ0) is 22.4. The molecule has 1 atom stereocenters. The first-order valence-electron chi connectivity index (χ1n) is 11.0. The van der Waals surface area contributed by atoms with Gasteiger partial charge in [0.2, 0.25) is 0 Å². The molecule has 0 fully saturated rings. The maximum Gasteiger partial charge on any atom is 0.338 e. The molecule has 4 nitrogen and oxygen atoms in total. The van der Waals surface area contributed by atoms with Crippen LogP contribution >= 0.6 is 0 Å². The van der Waals surface area contributed by atoms with E-state index in [1.165, 1.54) is 23.9 Å². The third-order valence-electron chi connectivity index (χ3n) is 6.23. The van der Waals surface area contributed by atoms with Crippen molar-refractivity contribution in [2.45, 2.75) is 53.4 Å². The van der Waals surface area contributed by atoms with Gasteiger partial charge in [-0.2, -0.15) is 0 Å². The molecule has 0 spiro atoms. The second-order valence-corrected chi connectivity index (χ2v) is 8.59. The van der Waals surface area contributed by atoms with Gasteiger partial charge >= 0.3 is 5.97 Å². The molecule has 0 saturated heterocycles. The molecule has 0 amide bonds. The van der Waals surface area contributed by atoms with Crippen molar-refractivity contribution in [2.24, 2.45) is 5.92 Å². The average molecular weight is 419 g/mol. The van der Waals surface area contributed by atoms with Crippen LogP contribution in [0.1, 0.15) is 53.5 Å². The van der Waals surface area contributed by atoms with Crippen LogP contribution in [0.3, 0.4) is 0 Å². The summed E-state index contributed by atoms with van der Waals surface area (Å²) in [5.41, 5.74) is 5.55. The number of hydrogen-bond acceptors (Lipinski definition) is 3. The van der Waals surface area contributed by atoms with Crippen LogP contribution in [0.25, 0.3) is 0 Å².